The highest BCUT2D eigenvalue weighted by Crippen LogP contribution is 2.42. The lowest BCUT2D eigenvalue weighted by molar-refractivity contribution is 0.122. The number of hydrogen-bond donors (Lipinski definition) is 2. The average molecular weight is 575 g/mol. The number of nitrogens with zero attached hydrogens (tertiary/aromatic N) is 5. The van der Waals surface area contributed by atoms with Gasteiger partial charge in [0.15, 0.2) is 5.65 Å². The van der Waals surface area contributed by atoms with Crippen LogP contribution in [0.3, 0.4) is 0 Å². The summed E-state index contributed by atoms with van der Waals surface area (Å²) >= 11 is 0. The van der Waals surface area contributed by atoms with Crippen LogP contribution in [0, 0.1) is 17.1 Å². The van der Waals surface area contributed by atoms with E-state index in [-0.39, 0.29) is 22.6 Å². The number of aromatic nitrogens is 3. The molecule has 8 nitrogen and oxygen atoms in total. The van der Waals surface area contributed by atoms with Crippen molar-refractivity contribution in [2.24, 2.45) is 0 Å². The largest absolute Gasteiger partial charge is 0.508 e. The summed E-state index contributed by atoms with van der Waals surface area (Å²) in [7, 11) is 0. The van der Waals surface area contributed by atoms with Crippen molar-refractivity contribution < 1.29 is 14.2 Å². The molecule has 0 unspecified atom stereocenters. The van der Waals surface area contributed by atoms with Crippen LogP contribution in [0.15, 0.2) is 66.7 Å². The van der Waals surface area contributed by atoms with Gasteiger partial charge in [0.2, 0.25) is 0 Å². The number of phenols is 1. The van der Waals surface area contributed by atoms with Crippen LogP contribution in [0.1, 0.15) is 24.8 Å². The number of aromatic hydroxyl groups is 1. The number of ether oxygens (including phenoxy) is 1. The molecule has 0 aliphatic carbocycles. The van der Waals surface area contributed by atoms with Gasteiger partial charge in [-0.3, -0.25) is 5.10 Å². The van der Waals surface area contributed by atoms with E-state index in [1.807, 2.05) is 24.3 Å². The molecule has 2 aliphatic heterocycles. The van der Waals surface area contributed by atoms with Gasteiger partial charge in [-0.15, -0.1) is 0 Å². The first-order chi connectivity index (χ1) is 21.1. The minimum absolute atomic E-state index is 0.127. The Morgan fingerprint density at radius 3 is 2.14 bits per heavy atom. The van der Waals surface area contributed by atoms with Crippen molar-refractivity contribution in [2.45, 2.75) is 19.3 Å². The van der Waals surface area contributed by atoms with Crippen LogP contribution in [-0.2, 0) is 4.74 Å². The van der Waals surface area contributed by atoms with Crippen LogP contribution in [-0.4, -0.2) is 59.7 Å². The van der Waals surface area contributed by atoms with Gasteiger partial charge >= 0.3 is 0 Å². The first-order valence-corrected chi connectivity index (χ1v) is 14.7. The predicted molar refractivity (Wildman–Crippen MR) is 166 cm³/mol. The number of morpholine rings is 1. The van der Waals surface area contributed by atoms with Crippen LogP contribution >= 0.6 is 0 Å². The van der Waals surface area contributed by atoms with Crippen molar-refractivity contribution in [2.75, 3.05) is 49.2 Å². The van der Waals surface area contributed by atoms with Crippen LogP contribution in [0.5, 0.6) is 5.75 Å². The van der Waals surface area contributed by atoms with E-state index in [0.717, 1.165) is 60.4 Å². The zero-order chi connectivity index (χ0) is 29.3. The predicted octanol–water partition coefficient (Wildman–Crippen LogP) is 6.50. The summed E-state index contributed by atoms with van der Waals surface area (Å²) < 4.78 is 20.7. The highest BCUT2D eigenvalue weighted by molar-refractivity contribution is 6.06. The Kier molecular flexibility index (Phi) is 7.13. The number of nitrogens with one attached hydrogen (secondary N) is 1. The summed E-state index contributed by atoms with van der Waals surface area (Å²) in [5.74, 6) is -0.860. The first kappa shape index (κ1) is 26.9. The van der Waals surface area contributed by atoms with Gasteiger partial charge in [-0.25, -0.2) is 9.37 Å². The SMILES string of the molecule is N#Cc1c(-c2ccc(O)cc2F)nc2n[nH]c(-c3ccc(N4CCOCC4)cc3)c2c1-c1ccc(N2CCCCC2)cc1. The van der Waals surface area contributed by atoms with Gasteiger partial charge < -0.3 is 19.6 Å². The Morgan fingerprint density at radius 2 is 1.49 bits per heavy atom. The number of benzene rings is 3. The lowest BCUT2D eigenvalue weighted by Crippen LogP contribution is -2.36. The van der Waals surface area contributed by atoms with Crippen molar-refractivity contribution in [3.63, 3.8) is 0 Å². The fourth-order valence-corrected chi connectivity index (χ4v) is 6.20. The number of fused-ring (bicyclic) bond motifs is 1. The number of anilines is 2. The van der Waals surface area contributed by atoms with Gasteiger partial charge in [0, 0.05) is 60.3 Å². The Bertz CT molecular complexity index is 1820. The number of hydrogen-bond acceptors (Lipinski definition) is 7. The molecule has 0 radical (unpaired) electrons. The average Bonchev–Trinajstić information content (AvgIpc) is 3.48. The maximum absolute atomic E-state index is 15.2. The number of pyridine rings is 1. The molecular formula is C34H31FN6O2. The molecule has 216 valence electrons. The zero-order valence-corrected chi connectivity index (χ0v) is 23.7. The van der Waals surface area contributed by atoms with Crippen molar-refractivity contribution in [3.8, 4) is 45.5 Å². The van der Waals surface area contributed by atoms with E-state index in [9.17, 15) is 10.4 Å². The van der Waals surface area contributed by atoms with Crippen molar-refractivity contribution in [1.29, 1.82) is 5.26 Å². The van der Waals surface area contributed by atoms with Gasteiger partial charge in [-0.1, -0.05) is 24.3 Å². The van der Waals surface area contributed by atoms with Crippen LogP contribution < -0.4 is 9.80 Å². The molecule has 4 heterocycles. The van der Waals surface area contributed by atoms with Crippen molar-refractivity contribution in [3.05, 3.63) is 78.1 Å². The molecule has 2 aromatic heterocycles. The third-order valence-corrected chi connectivity index (χ3v) is 8.43. The standard InChI is InChI=1S/C34H31FN6O2/c35-29-20-26(42)12-13-27(29)33-28(21-36)30(22-4-8-24(9-5-22)40-14-2-1-3-15-40)31-32(38-39-34(31)37-33)23-6-10-25(11-7-23)41-16-18-43-19-17-41/h4-13,20,42H,1-3,14-19H2,(H,37,38,39). The molecule has 2 saturated heterocycles. The van der Waals surface area contributed by atoms with Crippen LogP contribution in [0.25, 0.3) is 44.7 Å². The van der Waals surface area contributed by atoms with E-state index in [0.29, 0.717) is 29.8 Å². The molecule has 2 aliphatic rings. The van der Waals surface area contributed by atoms with E-state index in [2.05, 4.69) is 50.3 Å². The van der Waals surface area contributed by atoms with Crippen LogP contribution in [0.4, 0.5) is 15.8 Å². The van der Waals surface area contributed by atoms with Gasteiger partial charge in [0.1, 0.15) is 17.6 Å². The number of nitriles is 1. The Hall–Kier alpha value is -4.94. The molecule has 0 spiro atoms. The van der Waals surface area contributed by atoms with E-state index in [1.54, 1.807) is 0 Å². The lowest BCUT2D eigenvalue weighted by Gasteiger charge is -2.29. The van der Waals surface area contributed by atoms with Gasteiger partial charge in [0.05, 0.1) is 35.6 Å². The van der Waals surface area contributed by atoms with Crippen molar-refractivity contribution in [1.82, 2.24) is 15.2 Å². The zero-order valence-electron chi connectivity index (χ0n) is 23.7. The highest BCUT2D eigenvalue weighted by atomic mass is 19.1. The summed E-state index contributed by atoms with van der Waals surface area (Å²) in [6.07, 6.45) is 3.60. The van der Waals surface area contributed by atoms with Crippen molar-refractivity contribution >= 4 is 22.4 Å². The topological polar surface area (TPSA) is 101 Å². The number of H-pyrrole nitrogens is 1. The maximum Gasteiger partial charge on any atom is 0.182 e. The minimum atomic E-state index is -0.663. The molecule has 0 atom stereocenters. The maximum atomic E-state index is 15.2. The minimum Gasteiger partial charge on any atom is -0.508 e. The fourth-order valence-electron chi connectivity index (χ4n) is 6.20. The van der Waals surface area contributed by atoms with Gasteiger partial charge in [-0.2, -0.15) is 10.4 Å². The third kappa shape index (κ3) is 5.04. The van der Waals surface area contributed by atoms with E-state index in [1.165, 1.54) is 31.4 Å². The molecule has 43 heavy (non-hydrogen) atoms. The van der Waals surface area contributed by atoms with E-state index < -0.39 is 5.82 Å². The molecule has 7 rings (SSSR count). The molecule has 0 bridgehead atoms. The summed E-state index contributed by atoms with van der Waals surface area (Å²) in [5.41, 5.74) is 6.29. The fraction of sp³-hybridized carbons (Fsp3) is 0.265. The van der Waals surface area contributed by atoms with Gasteiger partial charge in [-0.05, 0) is 61.2 Å². The normalized spacial score (nSPS) is 15.5. The number of aromatic amines is 1. The molecule has 2 fully saturated rings. The Morgan fingerprint density at radius 1 is 0.837 bits per heavy atom. The molecule has 0 saturated carbocycles. The monoisotopic (exact) mass is 574 g/mol. The second-order valence-electron chi connectivity index (χ2n) is 11.0. The third-order valence-electron chi connectivity index (χ3n) is 8.43. The summed E-state index contributed by atoms with van der Waals surface area (Å²) in [4.78, 5) is 9.38. The summed E-state index contributed by atoms with van der Waals surface area (Å²) in [6.45, 7) is 5.16. The Labute approximate surface area is 249 Å². The van der Waals surface area contributed by atoms with Crippen LogP contribution in [0.2, 0.25) is 0 Å². The molecule has 3 aromatic carbocycles. The summed E-state index contributed by atoms with van der Waals surface area (Å²) in [5, 5.41) is 28.8. The second-order valence-corrected chi connectivity index (χ2v) is 11.0. The van der Waals surface area contributed by atoms with E-state index >= 15 is 4.39 Å². The molecular weight excluding hydrogens is 543 g/mol. The molecule has 5 aromatic rings. The number of rotatable bonds is 5. The van der Waals surface area contributed by atoms with Gasteiger partial charge in [0.25, 0.3) is 0 Å². The smallest absolute Gasteiger partial charge is 0.182 e. The lowest BCUT2D eigenvalue weighted by atomic mass is 9.91. The number of piperidine rings is 1. The number of halogens is 1. The highest BCUT2D eigenvalue weighted by Gasteiger charge is 2.25. The molecule has 0 amide bonds. The quantitative estimate of drug-likeness (QED) is 0.247. The first-order valence-electron chi connectivity index (χ1n) is 14.7. The van der Waals surface area contributed by atoms with E-state index in [4.69, 9.17) is 9.72 Å². The Balaban J connectivity index is 1.40. The second kappa shape index (κ2) is 11.4. The molecule has 2 N–H and O–H groups in total. The summed E-state index contributed by atoms with van der Waals surface area (Å²) in [6, 6.07) is 22.7. The molecule has 9 heteroatoms. The number of phenolic OH excluding ortho intramolecular Hbond substituents is 1.